The van der Waals surface area contributed by atoms with Crippen molar-refractivity contribution in [2.45, 2.75) is 38.6 Å². The third-order valence-electron chi connectivity index (χ3n) is 4.29. The second-order valence-electron chi connectivity index (χ2n) is 5.89. The Morgan fingerprint density at radius 1 is 1.26 bits per heavy atom. The summed E-state index contributed by atoms with van der Waals surface area (Å²) in [7, 11) is 0. The number of carbonyl (C=O) groups excluding carboxylic acids is 1. The Kier molecular flexibility index (Phi) is 4.14. The molecule has 0 radical (unpaired) electrons. The second kappa shape index (κ2) is 6.24. The molecule has 0 saturated heterocycles. The molecule has 23 heavy (non-hydrogen) atoms. The van der Waals surface area contributed by atoms with Crippen LogP contribution in [0.1, 0.15) is 58.1 Å². The lowest BCUT2D eigenvalue weighted by atomic mass is 10.1. The van der Waals surface area contributed by atoms with Crippen LogP contribution in [0.15, 0.2) is 30.5 Å². The van der Waals surface area contributed by atoms with Gasteiger partial charge in [0.15, 0.2) is 0 Å². The first-order chi connectivity index (χ1) is 11.1. The summed E-state index contributed by atoms with van der Waals surface area (Å²) in [5.74, 6) is -1.20. The van der Waals surface area contributed by atoms with E-state index in [1.54, 1.807) is 36.0 Å². The van der Waals surface area contributed by atoms with Gasteiger partial charge in [0, 0.05) is 11.9 Å². The molecular weight excluding hydrogens is 294 g/mol. The number of benzene rings is 1. The van der Waals surface area contributed by atoms with Crippen molar-refractivity contribution in [1.29, 1.82) is 0 Å². The maximum absolute atomic E-state index is 12.5. The van der Waals surface area contributed by atoms with Gasteiger partial charge in [0.1, 0.15) is 5.69 Å². The molecule has 0 unspecified atom stereocenters. The minimum absolute atomic E-state index is 0.225. The lowest BCUT2D eigenvalue weighted by Crippen LogP contribution is -2.20. The van der Waals surface area contributed by atoms with Crippen LogP contribution in [0.4, 0.5) is 5.69 Å². The van der Waals surface area contributed by atoms with Gasteiger partial charge in [0.05, 0.1) is 11.6 Å². The molecule has 1 amide bonds. The molecule has 3 rings (SSSR count). The number of nitrogens with one attached hydrogen (secondary N) is 1. The first-order valence-corrected chi connectivity index (χ1v) is 7.75. The summed E-state index contributed by atoms with van der Waals surface area (Å²) in [5.41, 5.74) is 1.96. The SMILES string of the molecule is Cc1cc(NC(=O)c2ccnn2C2CCCC2)ccc1C(=O)O. The third kappa shape index (κ3) is 3.11. The zero-order valence-electron chi connectivity index (χ0n) is 13.0. The van der Waals surface area contributed by atoms with Gasteiger partial charge in [-0.2, -0.15) is 5.10 Å². The fourth-order valence-electron chi connectivity index (χ4n) is 3.11. The fraction of sp³-hybridized carbons (Fsp3) is 0.353. The molecule has 2 aromatic rings. The standard InChI is InChI=1S/C17H19N3O3/c1-11-10-12(6-7-14(11)17(22)23)19-16(21)15-8-9-18-20(15)13-4-2-3-5-13/h6-10,13H,2-5H2,1H3,(H,19,21)(H,22,23). The number of amides is 1. The molecule has 1 fully saturated rings. The molecule has 0 aliphatic heterocycles. The number of hydrogen-bond donors (Lipinski definition) is 2. The molecule has 0 spiro atoms. The highest BCUT2D eigenvalue weighted by atomic mass is 16.4. The summed E-state index contributed by atoms with van der Waals surface area (Å²) in [6, 6.07) is 6.78. The van der Waals surface area contributed by atoms with E-state index in [4.69, 9.17) is 5.11 Å². The summed E-state index contributed by atoms with van der Waals surface area (Å²) in [4.78, 5) is 23.5. The maximum Gasteiger partial charge on any atom is 0.335 e. The summed E-state index contributed by atoms with van der Waals surface area (Å²) in [6.07, 6.45) is 6.08. The lowest BCUT2D eigenvalue weighted by Gasteiger charge is -2.14. The molecular formula is C17H19N3O3. The van der Waals surface area contributed by atoms with E-state index >= 15 is 0 Å². The summed E-state index contributed by atoms with van der Waals surface area (Å²) >= 11 is 0. The highest BCUT2D eigenvalue weighted by molar-refractivity contribution is 6.03. The van der Waals surface area contributed by atoms with Gasteiger partial charge in [-0.3, -0.25) is 9.48 Å². The average Bonchev–Trinajstić information content (AvgIpc) is 3.18. The van der Waals surface area contributed by atoms with Gasteiger partial charge < -0.3 is 10.4 Å². The van der Waals surface area contributed by atoms with Crippen molar-refractivity contribution in [2.75, 3.05) is 5.32 Å². The Morgan fingerprint density at radius 3 is 2.65 bits per heavy atom. The van der Waals surface area contributed by atoms with Gasteiger partial charge in [-0.1, -0.05) is 12.8 Å². The number of aryl methyl sites for hydroxylation is 1. The zero-order valence-corrected chi connectivity index (χ0v) is 13.0. The lowest BCUT2D eigenvalue weighted by molar-refractivity contribution is 0.0696. The van der Waals surface area contributed by atoms with Crippen LogP contribution in [0.2, 0.25) is 0 Å². The van der Waals surface area contributed by atoms with Crippen molar-refractivity contribution < 1.29 is 14.7 Å². The topological polar surface area (TPSA) is 84.2 Å². The number of nitrogens with zero attached hydrogens (tertiary/aromatic N) is 2. The molecule has 1 aliphatic rings. The Morgan fingerprint density at radius 2 is 2.00 bits per heavy atom. The molecule has 1 aromatic carbocycles. The first-order valence-electron chi connectivity index (χ1n) is 7.75. The van der Waals surface area contributed by atoms with Crippen molar-refractivity contribution in [2.24, 2.45) is 0 Å². The predicted octanol–water partition coefficient (Wildman–Crippen LogP) is 3.26. The molecule has 0 atom stereocenters. The van der Waals surface area contributed by atoms with Gasteiger partial charge in [0.25, 0.3) is 5.91 Å². The van der Waals surface area contributed by atoms with E-state index in [0.717, 1.165) is 12.8 Å². The molecule has 0 bridgehead atoms. The third-order valence-corrected chi connectivity index (χ3v) is 4.29. The Bertz CT molecular complexity index is 745. The van der Waals surface area contributed by atoms with E-state index in [0.29, 0.717) is 23.0 Å². The number of carboxylic acids is 1. The van der Waals surface area contributed by atoms with Crippen molar-refractivity contribution in [3.8, 4) is 0 Å². The molecule has 6 heteroatoms. The highest BCUT2D eigenvalue weighted by Gasteiger charge is 2.22. The fourth-order valence-corrected chi connectivity index (χ4v) is 3.11. The number of hydrogen-bond acceptors (Lipinski definition) is 3. The summed E-state index contributed by atoms with van der Waals surface area (Å²) in [6.45, 7) is 1.71. The van der Waals surface area contributed by atoms with E-state index in [2.05, 4.69) is 10.4 Å². The molecule has 2 N–H and O–H groups in total. The number of aromatic carboxylic acids is 1. The van der Waals surface area contributed by atoms with Crippen LogP contribution in [0.5, 0.6) is 0 Å². The Labute approximate surface area is 134 Å². The van der Waals surface area contributed by atoms with Crippen LogP contribution in [-0.4, -0.2) is 26.8 Å². The van der Waals surface area contributed by atoms with E-state index in [-0.39, 0.29) is 11.5 Å². The van der Waals surface area contributed by atoms with Crippen LogP contribution in [-0.2, 0) is 0 Å². The van der Waals surface area contributed by atoms with Crippen LogP contribution < -0.4 is 5.32 Å². The molecule has 1 aliphatic carbocycles. The number of aromatic nitrogens is 2. The van der Waals surface area contributed by atoms with E-state index < -0.39 is 5.97 Å². The van der Waals surface area contributed by atoms with Crippen molar-refractivity contribution >= 4 is 17.6 Å². The van der Waals surface area contributed by atoms with Gasteiger partial charge in [-0.15, -0.1) is 0 Å². The van der Waals surface area contributed by atoms with E-state index in [1.807, 2.05) is 0 Å². The van der Waals surface area contributed by atoms with Crippen molar-refractivity contribution in [3.05, 3.63) is 47.3 Å². The molecule has 1 aromatic heterocycles. The summed E-state index contributed by atoms with van der Waals surface area (Å²) in [5, 5.41) is 16.2. The Balaban J connectivity index is 1.78. The zero-order chi connectivity index (χ0) is 16.4. The molecule has 1 heterocycles. The van der Waals surface area contributed by atoms with Gasteiger partial charge >= 0.3 is 5.97 Å². The molecule has 6 nitrogen and oxygen atoms in total. The van der Waals surface area contributed by atoms with Crippen LogP contribution in [0, 0.1) is 6.92 Å². The second-order valence-corrected chi connectivity index (χ2v) is 5.89. The molecule has 120 valence electrons. The smallest absolute Gasteiger partial charge is 0.335 e. The number of carbonyl (C=O) groups is 2. The van der Waals surface area contributed by atoms with Gasteiger partial charge in [-0.25, -0.2) is 4.79 Å². The van der Waals surface area contributed by atoms with Crippen LogP contribution in [0.25, 0.3) is 0 Å². The summed E-state index contributed by atoms with van der Waals surface area (Å²) < 4.78 is 1.81. The first kappa shape index (κ1) is 15.3. The van der Waals surface area contributed by atoms with Crippen LogP contribution >= 0.6 is 0 Å². The maximum atomic E-state index is 12.5. The van der Waals surface area contributed by atoms with Gasteiger partial charge in [0.2, 0.25) is 0 Å². The monoisotopic (exact) mass is 313 g/mol. The van der Waals surface area contributed by atoms with Crippen molar-refractivity contribution in [1.82, 2.24) is 9.78 Å². The number of rotatable bonds is 4. The normalized spacial score (nSPS) is 14.8. The quantitative estimate of drug-likeness (QED) is 0.907. The predicted molar refractivity (Wildman–Crippen MR) is 85.8 cm³/mol. The average molecular weight is 313 g/mol. The molecule has 1 saturated carbocycles. The van der Waals surface area contributed by atoms with E-state index in [1.165, 1.54) is 18.9 Å². The van der Waals surface area contributed by atoms with Gasteiger partial charge in [-0.05, 0) is 49.6 Å². The van der Waals surface area contributed by atoms with E-state index in [9.17, 15) is 9.59 Å². The Hall–Kier alpha value is -2.63. The largest absolute Gasteiger partial charge is 0.478 e. The minimum atomic E-state index is -0.973. The van der Waals surface area contributed by atoms with Crippen LogP contribution in [0.3, 0.4) is 0 Å². The highest BCUT2D eigenvalue weighted by Crippen LogP contribution is 2.30. The van der Waals surface area contributed by atoms with Crippen molar-refractivity contribution in [3.63, 3.8) is 0 Å². The number of carboxylic acid groups (broad SMARTS) is 1. The minimum Gasteiger partial charge on any atom is -0.478 e. The number of anilines is 1.